The molecule has 1 amide bonds. The Bertz CT molecular complexity index is 499. The minimum Gasteiger partial charge on any atom is -0.320 e. The first-order valence-corrected chi connectivity index (χ1v) is 6.69. The SMILES string of the molecule is CS(=O)(=O)NC(=O)C(N)Cc1ccc(F)cc1. The van der Waals surface area contributed by atoms with E-state index in [4.69, 9.17) is 5.73 Å². The molecule has 7 heteroatoms. The fourth-order valence-electron chi connectivity index (χ4n) is 1.23. The molecule has 0 aliphatic heterocycles. The number of hydrogen-bond donors (Lipinski definition) is 2. The van der Waals surface area contributed by atoms with Crippen LogP contribution in [0.2, 0.25) is 0 Å². The summed E-state index contributed by atoms with van der Waals surface area (Å²) in [5, 5.41) is 0. The number of sulfonamides is 1. The maximum absolute atomic E-state index is 12.6. The summed E-state index contributed by atoms with van der Waals surface area (Å²) in [5.41, 5.74) is 6.18. The average Bonchev–Trinajstić information content (AvgIpc) is 2.19. The largest absolute Gasteiger partial charge is 0.320 e. The molecule has 1 aromatic carbocycles. The number of halogens is 1. The zero-order chi connectivity index (χ0) is 13.1. The van der Waals surface area contributed by atoms with E-state index in [1.807, 2.05) is 0 Å². The number of rotatable bonds is 4. The lowest BCUT2D eigenvalue weighted by Gasteiger charge is -2.10. The Balaban J connectivity index is 2.63. The third-order valence-electron chi connectivity index (χ3n) is 1.99. The van der Waals surface area contributed by atoms with Gasteiger partial charge in [-0.3, -0.25) is 9.52 Å². The van der Waals surface area contributed by atoms with E-state index in [1.165, 1.54) is 24.3 Å². The van der Waals surface area contributed by atoms with Gasteiger partial charge >= 0.3 is 0 Å². The molecule has 0 fully saturated rings. The number of carbonyl (C=O) groups is 1. The second kappa shape index (κ2) is 5.24. The summed E-state index contributed by atoms with van der Waals surface area (Å²) in [4.78, 5) is 11.3. The van der Waals surface area contributed by atoms with Crippen LogP contribution in [0.25, 0.3) is 0 Å². The number of nitrogens with one attached hydrogen (secondary N) is 1. The van der Waals surface area contributed by atoms with Crippen LogP contribution in [0.15, 0.2) is 24.3 Å². The Morgan fingerprint density at radius 1 is 1.41 bits per heavy atom. The van der Waals surface area contributed by atoms with E-state index >= 15 is 0 Å². The Kier molecular flexibility index (Phi) is 4.19. The summed E-state index contributed by atoms with van der Waals surface area (Å²) in [6, 6.07) is 4.48. The van der Waals surface area contributed by atoms with Gasteiger partial charge in [-0.05, 0) is 24.1 Å². The van der Waals surface area contributed by atoms with Crippen LogP contribution in [-0.4, -0.2) is 26.6 Å². The van der Waals surface area contributed by atoms with Gasteiger partial charge < -0.3 is 5.73 Å². The fraction of sp³-hybridized carbons (Fsp3) is 0.300. The van der Waals surface area contributed by atoms with E-state index in [0.717, 1.165) is 6.26 Å². The Morgan fingerprint density at radius 3 is 2.41 bits per heavy atom. The normalized spacial score (nSPS) is 13.1. The lowest BCUT2D eigenvalue weighted by atomic mass is 10.1. The molecule has 0 saturated heterocycles. The van der Waals surface area contributed by atoms with Crippen LogP contribution in [0.3, 0.4) is 0 Å². The maximum atomic E-state index is 12.6. The van der Waals surface area contributed by atoms with Gasteiger partial charge in [0.25, 0.3) is 5.91 Å². The molecule has 1 unspecified atom stereocenters. The molecule has 0 bridgehead atoms. The average molecular weight is 260 g/mol. The summed E-state index contributed by atoms with van der Waals surface area (Å²) in [5.74, 6) is -1.17. The zero-order valence-electron chi connectivity index (χ0n) is 9.18. The van der Waals surface area contributed by atoms with Gasteiger partial charge in [0.2, 0.25) is 10.0 Å². The van der Waals surface area contributed by atoms with Crippen molar-refractivity contribution in [2.24, 2.45) is 5.73 Å². The molecule has 5 nitrogen and oxygen atoms in total. The molecular formula is C10H13FN2O3S. The monoisotopic (exact) mass is 260 g/mol. The predicted molar refractivity (Wildman–Crippen MR) is 61.1 cm³/mol. The lowest BCUT2D eigenvalue weighted by molar-refractivity contribution is -0.120. The molecule has 0 aliphatic carbocycles. The molecule has 1 rings (SSSR count). The van der Waals surface area contributed by atoms with E-state index in [0.29, 0.717) is 5.56 Å². The van der Waals surface area contributed by atoms with Gasteiger partial charge in [-0.2, -0.15) is 0 Å². The first-order valence-electron chi connectivity index (χ1n) is 4.79. The van der Waals surface area contributed by atoms with Crippen molar-refractivity contribution in [2.75, 3.05) is 6.26 Å². The van der Waals surface area contributed by atoms with Gasteiger partial charge in [-0.25, -0.2) is 12.8 Å². The van der Waals surface area contributed by atoms with Crippen molar-refractivity contribution in [1.82, 2.24) is 4.72 Å². The minimum atomic E-state index is -3.61. The van der Waals surface area contributed by atoms with Crippen LogP contribution in [0.5, 0.6) is 0 Å². The number of amides is 1. The molecule has 94 valence electrons. The van der Waals surface area contributed by atoms with E-state index < -0.39 is 22.0 Å². The number of carbonyl (C=O) groups excluding carboxylic acids is 1. The van der Waals surface area contributed by atoms with E-state index in [1.54, 1.807) is 4.72 Å². The molecular weight excluding hydrogens is 247 g/mol. The third-order valence-corrected chi connectivity index (χ3v) is 2.56. The molecule has 0 spiro atoms. The van der Waals surface area contributed by atoms with E-state index in [9.17, 15) is 17.6 Å². The topological polar surface area (TPSA) is 89.3 Å². The number of nitrogens with two attached hydrogens (primary N) is 1. The highest BCUT2D eigenvalue weighted by Crippen LogP contribution is 2.05. The van der Waals surface area contributed by atoms with Gasteiger partial charge in [0.05, 0.1) is 12.3 Å². The maximum Gasteiger partial charge on any atom is 0.250 e. The van der Waals surface area contributed by atoms with Crippen molar-refractivity contribution in [3.63, 3.8) is 0 Å². The van der Waals surface area contributed by atoms with Crippen LogP contribution in [-0.2, 0) is 21.2 Å². The van der Waals surface area contributed by atoms with Crippen LogP contribution in [0.4, 0.5) is 4.39 Å². The van der Waals surface area contributed by atoms with Gasteiger partial charge in [0.15, 0.2) is 0 Å². The standard InChI is InChI=1S/C10H13FN2O3S/c1-17(15,16)13-10(14)9(12)6-7-2-4-8(11)5-3-7/h2-5,9H,6,12H2,1H3,(H,13,14). The highest BCUT2D eigenvalue weighted by Gasteiger charge is 2.17. The molecule has 1 aromatic rings. The van der Waals surface area contributed by atoms with Crippen molar-refractivity contribution in [3.8, 4) is 0 Å². The second-order valence-electron chi connectivity index (χ2n) is 3.68. The molecule has 0 aliphatic rings. The Hall–Kier alpha value is -1.47. The summed E-state index contributed by atoms with van der Waals surface area (Å²) >= 11 is 0. The van der Waals surface area contributed by atoms with Crippen molar-refractivity contribution in [3.05, 3.63) is 35.6 Å². The van der Waals surface area contributed by atoms with Gasteiger partial charge in [-0.1, -0.05) is 12.1 Å². The number of hydrogen-bond acceptors (Lipinski definition) is 4. The summed E-state index contributed by atoms with van der Waals surface area (Å²) < 4.78 is 36.0. The summed E-state index contributed by atoms with van der Waals surface area (Å²) in [6.45, 7) is 0. The lowest BCUT2D eigenvalue weighted by Crippen LogP contribution is -2.44. The Morgan fingerprint density at radius 2 is 1.94 bits per heavy atom. The molecule has 3 N–H and O–H groups in total. The van der Waals surface area contributed by atoms with E-state index in [2.05, 4.69) is 0 Å². The van der Waals surface area contributed by atoms with Crippen molar-refractivity contribution < 1.29 is 17.6 Å². The van der Waals surface area contributed by atoms with Crippen molar-refractivity contribution in [1.29, 1.82) is 0 Å². The smallest absolute Gasteiger partial charge is 0.250 e. The first kappa shape index (κ1) is 13.6. The quantitative estimate of drug-likeness (QED) is 0.782. The fourth-order valence-corrected chi connectivity index (χ4v) is 1.74. The number of benzene rings is 1. The highest BCUT2D eigenvalue weighted by molar-refractivity contribution is 7.89. The molecule has 0 saturated carbocycles. The van der Waals surface area contributed by atoms with Crippen LogP contribution >= 0.6 is 0 Å². The highest BCUT2D eigenvalue weighted by atomic mass is 32.2. The van der Waals surface area contributed by atoms with Crippen molar-refractivity contribution >= 4 is 15.9 Å². The zero-order valence-corrected chi connectivity index (χ0v) is 10.00. The minimum absolute atomic E-state index is 0.141. The summed E-state index contributed by atoms with van der Waals surface area (Å²) in [7, 11) is -3.61. The van der Waals surface area contributed by atoms with Crippen LogP contribution in [0.1, 0.15) is 5.56 Å². The summed E-state index contributed by atoms with van der Waals surface area (Å²) in [6.07, 6.45) is 1.01. The van der Waals surface area contributed by atoms with Gasteiger partial charge in [-0.15, -0.1) is 0 Å². The van der Waals surface area contributed by atoms with Gasteiger partial charge in [0.1, 0.15) is 5.82 Å². The molecule has 0 heterocycles. The second-order valence-corrected chi connectivity index (χ2v) is 5.42. The van der Waals surface area contributed by atoms with Crippen LogP contribution in [0, 0.1) is 5.82 Å². The molecule has 0 aromatic heterocycles. The first-order chi connectivity index (χ1) is 7.78. The Labute approximate surface area is 98.9 Å². The van der Waals surface area contributed by atoms with E-state index in [-0.39, 0.29) is 12.2 Å². The van der Waals surface area contributed by atoms with Gasteiger partial charge in [0, 0.05) is 0 Å². The molecule has 1 atom stereocenters. The third kappa shape index (κ3) is 4.92. The molecule has 17 heavy (non-hydrogen) atoms. The van der Waals surface area contributed by atoms with Crippen LogP contribution < -0.4 is 10.5 Å². The predicted octanol–water partition coefficient (Wildman–Crippen LogP) is -0.229. The van der Waals surface area contributed by atoms with Crippen molar-refractivity contribution in [2.45, 2.75) is 12.5 Å². The molecule has 0 radical (unpaired) electrons.